The minimum absolute atomic E-state index is 0.0126. The molecule has 0 fully saturated rings. The first-order valence-corrected chi connectivity index (χ1v) is 8.51. The van der Waals surface area contributed by atoms with E-state index < -0.39 is 5.56 Å². The molecule has 0 unspecified atom stereocenters. The molecule has 0 aliphatic carbocycles. The number of benzene rings is 1. The van der Waals surface area contributed by atoms with Crippen LogP contribution in [-0.2, 0) is 11.3 Å². The highest BCUT2D eigenvalue weighted by atomic mass is 16.6. The largest absolute Gasteiger partial charge is 0.486 e. The Bertz CT molecular complexity index is 977. The van der Waals surface area contributed by atoms with E-state index in [0.717, 1.165) is 4.68 Å². The van der Waals surface area contributed by atoms with E-state index in [-0.39, 0.29) is 24.1 Å². The Morgan fingerprint density at radius 2 is 2.07 bits per heavy atom. The maximum atomic E-state index is 12.5. The van der Waals surface area contributed by atoms with E-state index >= 15 is 0 Å². The number of aromatic nitrogens is 2. The van der Waals surface area contributed by atoms with Crippen LogP contribution in [0.4, 0.5) is 0 Å². The van der Waals surface area contributed by atoms with E-state index in [9.17, 15) is 14.9 Å². The summed E-state index contributed by atoms with van der Waals surface area (Å²) >= 11 is 0. The molecule has 0 spiro atoms. The molecule has 2 heterocycles. The quantitative estimate of drug-likeness (QED) is 0.800. The van der Waals surface area contributed by atoms with Gasteiger partial charge in [0.1, 0.15) is 24.8 Å². The SMILES string of the molecule is Cc1nn(CC(=O)N(C)C[C@@H]2COc3ccccc3O2)c(=O)c(C#N)c1C. The molecule has 0 bridgehead atoms. The highest BCUT2D eigenvalue weighted by molar-refractivity contribution is 5.75. The maximum Gasteiger partial charge on any atom is 0.285 e. The van der Waals surface area contributed by atoms with E-state index in [0.29, 0.717) is 35.9 Å². The molecule has 1 amide bonds. The summed E-state index contributed by atoms with van der Waals surface area (Å²) in [5.74, 6) is 1.01. The number of aryl methyl sites for hydroxylation is 1. The number of para-hydroxylation sites is 2. The summed E-state index contributed by atoms with van der Waals surface area (Å²) in [4.78, 5) is 26.3. The van der Waals surface area contributed by atoms with Crippen LogP contribution in [0.15, 0.2) is 29.1 Å². The maximum absolute atomic E-state index is 12.5. The van der Waals surface area contributed by atoms with Gasteiger partial charge in [-0.05, 0) is 31.5 Å². The van der Waals surface area contributed by atoms with Gasteiger partial charge < -0.3 is 14.4 Å². The Balaban J connectivity index is 1.68. The van der Waals surface area contributed by atoms with E-state index in [1.54, 1.807) is 20.9 Å². The van der Waals surface area contributed by atoms with Gasteiger partial charge in [0.25, 0.3) is 5.56 Å². The van der Waals surface area contributed by atoms with Gasteiger partial charge in [-0.2, -0.15) is 10.4 Å². The van der Waals surface area contributed by atoms with Gasteiger partial charge >= 0.3 is 0 Å². The number of carbonyl (C=O) groups excluding carboxylic acids is 1. The second-order valence-electron chi connectivity index (χ2n) is 6.43. The summed E-state index contributed by atoms with van der Waals surface area (Å²) in [5.41, 5.74) is 0.528. The molecule has 3 rings (SSSR count). The van der Waals surface area contributed by atoms with Crippen molar-refractivity contribution in [3.63, 3.8) is 0 Å². The molecule has 0 N–H and O–H groups in total. The number of ether oxygens (including phenoxy) is 2. The van der Waals surface area contributed by atoms with Crippen LogP contribution in [0, 0.1) is 25.2 Å². The van der Waals surface area contributed by atoms with Crippen molar-refractivity contribution in [3.05, 3.63) is 51.4 Å². The number of amides is 1. The lowest BCUT2D eigenvalue weighted by Crippen LogP contribution is -2.44. The number of rotatable bonds is 4. The van der Waals surface area contributed by atoms with Crippen molar-refractivity contribution in [3.8, 4) is 17.6 Å². The van der Waals surface area contributed by atoms with Crippen LogP contribution >= 0.6 is 0 Å². The number of likely N-dealkylation sites (N-methyl/N-ethyl adjacent to an activating group) is 1. The molecule has 0 radical (unpaired) electrons. The summed E-state index contributed by atoms with van der Waals surface area (Å²) < 4.78 is 12.5. The van der Waals surface area contributed by atoms with Crippen LogP contribution < -0.4 is 15.0 Å². The predicted molar refractivity (Wildman–Crippen MR) is 96.7 cm³/mol. The molecule has 1 aromatic heterocycles. The third kappa shape index (κ3) is 3.77. The molecular weight excluding hydrogens is 348 g/mol. The Morgan fingerprint density at radius 3 is 2.78 bits per heavy atom. The van der Waals surface area contributed by atoms with Crippen LogP contribution in [0.25, 0.3) is 0 Å². The standard InChI is InChI=1S/C19H20N4O4/c1-12-13(2)21-23(19(25)15(12)8-20)10-18(24)22(3)9-14-11-26-16-6-4-5-7-17(16)27-14/h4-7,14H,9-11H2,1-3H3/t14-/m1/s1. The first-order chi connectivity index (χ1) is 12.9. The van der Waals surface area contributed by atoms with Crippen molar-refractivity contribution in [2.45, 2.75) is 26.5 Å². The fraction of sp³-hybridized carbons (Fsp3) is 0.368. The summed E-state index contributed by atoms with van der Waals surface area (Å²) in [7, 11) is 1.63. The Labute approximate surface area is 156 Å². The lowest BCUT2D eigenvalue weighted by Gasteiger charge is -2.29. The Kier molecular flexibility index (Phi) is 5.12. The van der Waals surface area contributed by atoms with Gasteiger partial charge in [0.05, 0.1) is 12.2 Å². The van der Waals surface area contributed by atoms with E-state index in [1.165, 1.54) is 4.90 Å². The van der Waals surface area contributed by atoms with Gasteiger partial charge in [0.2, 0.25) is 5.91 Å². The number of carbonyl (C=O) groups is 1. The number of nitriles is 1. The smallest absolute Gasteiger partial charge is 0.285 e. The molecule has 8 heteroatoms. The normalized spacial score (nSPS) is 15.1. The minimum Gasteiger partial charge on any atom is -0.486 e. The fourth-order valence-electron chi connectivity index (χ4n) is 2.82. The summed E-state index contributed by atoms with van der Waals surface area (Å²) in [5, 5.41) is 13.3. The van der Waals surface area contributed by atoms with Crippen molar-refractivity contribution in [1.29, 1.82) is 5.26 Å². The second-order valence-corrected chi connectivity index (χ2v) is 6.43. The van der Waals surface area contributed by atoms with Crippen LogP contribution in [-0.4, -0.2) is 46.9 Å². The van der Waals surface area contributed by atoms with Crippen molar-refractivity contribution < 1.29 is 14.3 Å². The summed E-state index contributed by atoms with van der Waals surface area (Å²) in [6.07, 6.45) is -0.312. The van der Waals surface area contributed by atoms with Crippen molar-refractivity contribution in [2.24, 2.45) is 0 Å². The zero-order valence-corrected chi connectivity index (χ0v) is 15.4. The highest BCUT2D eigenvalue weighted by Crippen LogP contribution is 2.30. The van der Waals surface area contributed by atoms with E-state index in [4.69, 9.17) is 9.47 Å². The third-order valence-corrected chi connectivity index (χ3v) is 4.50. The monoisotopic (exact) mass is 368 g/mol. The van der Waals surface area contributed by atoms with Crippen molar-refractivity contribution in [1.82, 2.24) is 14.7 Å². The zero-order valence-electron chi connectivity index (χ0n) is 15.4. The van der Waals surface area contributed by atoms with Crippen molar-refractivity contribution in [2.75, 3.05) is 20.2 Å². The molecule has 0 saturated carbocycles. The minimum atomic E-state index is -0.562. The molecule has 1 aliphatic heterocycles. The van der Waals surface area contributed by atoms with E-state index in [1.807, 2.05) is 30.3 Å². The third-order valence-electron chi connectivity index (χ3n) is 4.50. The average Bonchev–Trinajstić information content (AvgIpc) is 2.66. The number of hydrogen-bond donors (Lipinski definition) is 0. The molecule has 140 valence electrons. The second kappa shape index (κ2) is 7.50. The van der Waals surface area contributed by atoms with Gasteiger partial charge in [-0.25, -0.2) is 4.68 Å². The number of fused-ring (bicyclic) bond motifs is 1. The van der Waals surface area contributed by atoms with Crippen LogP contribution in [0.1, 0.15) is 16.8 Å². The molecule has 1 atom stereocenters. The van der Waals surface area contributed by atoms with Gasteiger partial charge in [-0.3, -0.25) is 9.59 Å². The lowest BCUT2D eigenvalue weighted by molar-refractivity contribution is -0.132. The lowest BCUT2D eigenvalue weighted by atomic mass is 10.1. The molecule has 8 nitrogen and oxygen atoms in total. The molecule has 2 aromatic rings. The van der Waals surface area contributed by atoms with Gasteiger partial charge in [-0.15, -0.1) is 0 Å². The fourth-order valence-corrected chi connectivity index (χ4v) is 2.82. The molecule has 27 heavy (non-hydrogen) atoms. The summed E-state index contributed by atoms with van der Waals surface area (Å²) in [6.45, 7) is 3.76. The molecule has 1 aliphatic rings. The highest BCUT2D eigenvalue weighted by Gasteiger charge is 2.24. The van der Waals surface area contributed by atoms with E-state index in [2.05, 4.69) is 5.10 Å². The Morgan fingerprint density at radius 1 is 1.37 bits per heavy atom. The average molecular weight is 368 g/mol. The van der Waals surface area contributed by atoms with Crippen LogP contribution in [0.2, 0.25) is 0 Å². The number of hydrogen-bond acceptors (Lipinski definition) is 6. The van der Waals surface area contributed by atoms with Gasteiger partial charge in [-0.1, -0.05) is 12.1 Å². The first-order valence-electron chi connectivity index (χ1n) is 8.51. The van der Waals surface area contributed by atoms with Crippen LogP contribution in [0.3, 0.4) is 0 Å². The molecule has 0 saturated heterocycles. The number of nitrogens with zero attached hydrogens (tertiary/aromatic N) is 4. The topological polar surface area (TPSA) is 97.4 Å². The van der Waals surface area contributed by atoms with Crippen molar-refractivity contribution >= 4 is 5.91 Å². The predicted octanol–water partition coefficient (Wildman–Crippen LogP) is 1.03. The van der Waals surface area contributed by atoms with Gasteiger partial charge in [0, 0.05) is 7.05 Å². The molecular formula is C19H20N4O4. The first kappa shape index (κ1) is 18.5. The Hall–Kier alpha value is -3.34. The molecule has 1 aromatic carbocycles. The van der Waals surface area contributed by atoms with Crippen LogP contribution in [0.5, 0.6) is 11.5 Å². The zero-order chi connectivity index (χ0) is 19.6. The summed E-state index contributed by atoms with van der Waals surface area (Å²) in [6, 6.07) is 9.24. The van der Waals surface area contributed by atoms with Gasteiger partial charge in [0.15, 0.2) is 17.6 Å².